The van der Waals surface area contributed by atoms with Crippen molar-refractivity contribution in [3.05, 3.63) is 42.5 Å². The van der Waals surface area contributed by atoms with Gasteiger partial charge in [-0.05, 0) is 50.8 Å². The summed E-state index contributed by atoms with van der Waals surface area (Å²) in [6.45, 7) is 6.71. The Bertz CT molecular complexity index is 667. The van der Waals surface area contributed by atoms with Crippen molar-refractivity contribution in [3.8, 4) is 0 Å². The van der Waals surface area contributed by atoms with Crippen LogP contribution in [0.15, 0.2) is 36.8 Å². The van der Waals surface area contributed by atoms with Crippen LogP contribution in [0.25, 0.3) is 0 Å². The Morgan fingerprint density at radius 1 is 1.33 bits per heavy atom. The summed E-state index contributed by atoms with van der Waals surface area (Å²) >= 11 is 0. The van der Waals surface area contributed by atoms with Crippen LogP contribution in [-0.2, 0) is 0 Å². The lowest BCUT2D eigenvalue weighted by molar-refractivity contribution is 0.0935. The Labute approximate surface area is 142 Å². The molecule has 6 heteroatoms. The van der Waals surface area contributed by atoms with Gasteiger partial charge in [0.1, 0.15) is 5.69 Å². The zero-order valence-electron chi connectivity index (χ0n) is 14.4. The third-order valence-corrected chi connectivity index (χ3v) is 4.47. The highest BCUT2D eigenvalue weighted by Crippen LogP contribution is 2.19. The summed E-state index contributed by atoms with van der Waals surface area (Å²) in [5.74, 6) is 1.21. The van der Waals surface area contributed by atoms with Crippen LogP contribution in [-0.4, -0.2) is 40.1 Å². The molecule has 0 bridgehead atoms. The standard InChI is InChI=1S/C18H25N5O/c1-14(2)23-11-4-7-16(23)17(24)21-12-15-6-3-10-22(13-15)18-19-8-5-9-20-18/h4-5,7-9,11,14-15H,3,6,10,12-13H2,1-2H3,(H,21,24)/t15-/m1/s1. The molecule has 0 aliphatic carbocycles. The lowest BCUT2D eigenvalue weighted by Gasteiger charge is -2.32. The third-order valence-electron chi connectivity index (χ3n) is 4.47. The third kappa shape index (κ3) is 3.75. The first-order valence-corrected chi connectivity index (χ1v) is 8.62. The SMILES string of the molecule is CC(C)n1cccc1C(=O)NC[C@H]1CCCN(c2ncccn2)C1. The van der Waals surface area contributed by atoms with Gasteiger partial charge in [-0.3, -0.25) is 4.79 Å². The van der Waals surface area contributed by atoms with E-state index in [-0.39, 0.29) is 11.9 Å². The van der Waals surface area contributed by atoms with E-state index in [4.69, 9.17) is 0 Å². The Kier molecular flexibility index (Phi) is 5.13. The average molecular weight is 327 g/mol. The molecule has 0 spiro atoms. The predicted octanol–water partition coefficient (Wildman–Crippen LogP) is 2.51. The summed E-state index contributed by atoms with van der Waals surface area (Å²) in [7, 11) is 0. The molecule has 6 nitrogen and oxygen atoms in total. The van der Waals surface area contributed by atoms with Gasteiger partial charge in [0.2, 0.25) is 5.95 Å². The molecule has 2 aromatic heterocycles. The van der Waals surface area contributed by atoms with Crippen LogP contribution >= 0.6 is 0 Å². The molecule has 1 atom stereocenters. The summed E-state index contributed by atoms with van der Waals surface area (Å²) < 4.78 is 2.00. The van der Waals surface area contributed by atoms with E-state index < -0.39 is 0 Å². The molecule has 0 saturated carbocycles. The molecule has 0 radical (unpaired) electrons. The average Bonchev–Trinajstić information content (AvgIpc) is 3.11. The number of anilines is 1. The molecular weight excluding hydrogens is 302 g/mol. The molecule has 0 aromatic carbocycles. The van der Waals surface area contributed by atoms with Gasteiger partial charge in [0.15, 0.2) is 0 Å². The zero-order valence-corrected chi connectivity index (χ0v) is 14.4. The van der Waals surface area contributed by atoms with Crippen molar-refractivity contribution < 1.29 is 4.79 Å². The highest BCUT2D eigenvalue weighted by atomic mass is 16.1. The topological polar surface area (TPSA) is 63.1 Å². The summed E-state index contributed by atoms with van der Waals surface area (Å²) in [4.78, 5) is 23.3. The van der Waals surface area contributed by atoms with Gasteiger partial charge in [-0.1, -0.05) is 0 Å². The Hall–Kier alpha value is -2.37. The minimum Gasteiger partial charge on any atom is -0.350 e. The quantitative estimate of drug-likeness (QED) is 0.916. The van der Waals surface area contributed by atoms with Crippen LogP contribution in [0.1, 0.15) is 43.2 Å². The Balaban J connectivity index is 1.56. The number of hydrogen-bond acceptors (Lipinski definition) is 4. The van der Waals surface area contributed by atoms with Crippen molar-refractivity contribution in [2.45, 2.75) is 32.7 Å². The van der Waals surface area contributed by atoms with E-state index in [1.165, 1.54) is 0 Å². The summed E-state index contributed by atoms with van der Waals surface area (Å²) in [6, 6.07) is 5.90. The number of aromatic nitrogens is 3. The summed E-state index contributed by atoms with van der Waals surface area (Å²) in [5.41, 5.74) is 0.726. The van der Waals surface area contributed by atoms with Gasteiger partial charge in [0.05, 0.1) is 0 Å². The fourth-order valence-corrected chi connectivity index (χ4v) is 3.23. The van der Waals surface area contributed by atoms with E-state index in [0.717, 1.165) is 37.6 Å². The summed E-state index contributed by atoms with van der Waals surface area (Å²) in [6.07, 6.45) is 7.71. The van der Waals surface area contributed by atoms with Gasteiger partial charge in [-0.15, -0.1) is 0 Å². The van der Waals surface area contributed by atoms with Gasteiger partial charge in [-0.25, -0.2) is 9.97 Å². The molecule has 0 unspecified atom stereocenters. The summed E-state index contributed by atoms with van der Waals surface area (Å²) in [5, 5.41) is 3.09. The number of piperidine rings is 1. The fourth-order valence-electron chi connectivity index (χ4n) is 3.23. The lowest BCUT2D eigenvalue weighted by atomic mass is 9.98. The smallest absolute Gasteiger partial charge is 0.267 e. The molecule has 3 rings (SSSR count). The van der Waals surface area contributed by atoms with Crippen LogP contribution in [0.2, 0.25) is 0 Å². The largest absolute Gasteiger partial charge is 0.350 e. The second-order valence-electron chi connectivity index (χ2n) is 6.61. The molecule has 128 valence electrons. The van der Waals surface area contributed by atoms with E-state index in [9.17, 15) is 4.79 Å². The number of rotatable bonds is 5. The minimum atomic E-state index is 0.00165. The van der Waals surface area contributed by atoms with Crippen LogP contribution in [0.4, 0.5) is 5.95 Å². The molecule has 1 saturated heterocycles. The first-order chi connectivity index (χ1) is 11.6. The first-order valence-electron chi connectivity index (χ1n) is 8.62. The van der Waals surface area contributed by atoms with Gasteiger partial charge in [-0.2, -0.15) is 0 Å². The highest BCUT2D eigenvalue weighted by Gasteiger charge is 2.22. The van der Waals surface area contributed by atoms with E-state index in [0.29, 0.717) is 12.5 Å². The molecule has 1 aliphatic rings. The highest BCUT2D eigenvalue weighted by molar-refractivity contribution is 5.92. The fraction of sp³-hybridized carbons (Fsp3) is 0.500. The van der Waals surface area contributed by atoms with Crippen LogP contribution in [0.5, 0.6) is 0 Å². The predicted molar refractivity (Wildman–Crippen MR) is 94.1 cm³/mol. The van der Waals surface area contributed by atoms with E-state index in [1.807, 2.05) is 29.0 Å². The minimum absolute atomic E-state index is 0.00165. The zero-order chi connectivity index (χ0) is 16.9. The van der Waals surface area contributed by atoms with E-state index in [2.05, 4.69) is 34.0 Å². The van der Waals surface area contributed by atoms with E-state index >= 15 is 0 Å². The number of nitrogens with one attached hydrogen (secondary N) is 1. The molecule has 24 heavy (non-hydrogen) atoms. The van der Waals surface area contributed by atoms with Gasteiger partial charge < -0.3 is 14.8 Å². The molecule has 1 aliphatic heterocycles. The van der Waals surface area contributed by atoms with Gasteiger partial charge in [0, 0.05) is 44.3 Å². The van der Waals surface area contributed by atoms with Crippen LogP contribution in [0.3, 0.4) is 0 Å². The monoisotopic (exact) mass is 327 g/mol. The Morgan fingerprint density at radius 2 is 2.12 bits per heavy atom. The maximum absolute atomic E-state index is 12.5. The lowest BCUT2D eigenvalue weighted by Crippen LogP contribution is -2.42. The Morgan fingerprint density at radius 3 is 2.88 bits per heavy atom. The molecular formula is C18H25N5O. The normalized spacial score (nSPS) is 18.0. The van der Waals surface area contributed by atoms with Gasteiger partial charge in [0.25, 0.3) is 5.91 Å². The maximum Gasteiger partial charge on any atom is 0.267 e. The number of carbonyl (C=O) groups excluding carboxylic acids is 1. The molecule has 1 N–H and O–H groups in total. The van der Waals surface area contributed by atoms with Crippen molar-refractivity contribution in [1.29, 1.82) is 0 Å². The van der Waals surface area contributed by atoms with Crippen molar-refractivity contribution >= 4 is 11.9 Å². The van der Waals surface area contributed by atoms with Crippen molar-refractivity contribution in [2.24, 2.45) is 5.92 Å². The molecule has 1 amide bonds. The van der Waals surface area contributed by atoms with Crippen molar-refractivity contribution in [3.63, 3.8) is 0 Å². The van der Waals surface area contributed by atoms with Gasteiger partial charge >= 0.3 is 0 Å². The second-order valence-corrected chi connectivity index (χ2v) is 6.61. The number of carbonyl (C=O) groups is 1. The number of hydrogen-bond donors (Lipinski definition) is 1. The van der Waals surface area contributed by atoms with E-state index in [1.54, 1.807) is 12.4 Å². The molecule has 2 aromatic rings. The number of amides is 1. The molecule has 1 fully saturated rings. The van der Waals surface area contributed by atoms with Crippen molar-refractivity contribution in [2.75, 3.05) is 24.5 Å². The van der Waals surface area contributed by atoms with Crippen LogP contribution < -0.4 is 10.2 Å². The van der Waals surface area contributed by atoms with Crippen LogP contribution in [0, 0.1) is 5.92 Å². The molecule has 3 heterocycles. The second kappa shape index (κ2) is 7.47. The maximum atomic E-state index is 12.5. The number of nitrogens with zero attached hydrogens (tertiary/aromatic N) is 4. The first kappa shape index (κ1) is 16.5. The van der Waals surface area contributed by atoms with Crippen molar-refractivity contribution in [1.82, 2.24) is 19.9 Å².